The highest BCUT2D eigenvalue weighted by Crippen LogP contribution is 2.59. The van der Waals surface area contributed by atoms with Gasteiger partial charge in [0.2, 0.25) is 0 Å². The average molecular weight is 215 g/mol. The van der Waals surface area contributed by atoms with Crippen LogP contribution in [0.3, 0.4) is 0 Å². The molecule has 1 aliphatic carbocycles. The number of nitrogens with one attached hydrogen (secondary N) is 1. The first-order valence-corrected chi connectivity index (χ1v) is 4.80. The molecule has 4 heteroatoms. The standard InChI is InChI=1S/C11H12F3N/c1-10(6-11(10,13)14)7-15-9-4-2-8(12)3-5-9/h2-5,15H,6-7H2,1H3. The van der Waals surface area contributed by atoms with E-state index in [1.807, 2.05) is 0 Å². The van der Waals surface area contributed by atoms with Gasteiger partial charge in [-0.25, -0.2) is 13.2 Å². The third-order valence-electron chi connectivity index (χ3n) is 2.90. The highest BCUT2D eigenvalue weighted by molar-refractivity contribution is 5.43. The molecule has 15 heavy (non-hydrogen) atoms. The van der Waals surface area contributed by atoms with Crippen molar-refractivity contribution in [3.63, 3.8) is 0 Å². The lowest BCUT2D eigenvalue weighted by atomic mass is 10.1. The Bertz CT molecular complexity index is 361. The molecule has 1 aliphatic rings. The second-order valence-electron chi connectivity index (χ2n) is 4.30. The van der Waals surface area contributed by atoms with Gasteiger partial charge < -0.3 is 5.32 Å². The second-order valence-corrected chi connectivity index (χ2v) is 4.30. The third-order valence-corrected chi connectivity index (χ3v) is 2.90. The van der Waals surface area contributed by atoms with E-state index in [0.717, 1.165) is 0 Å². The predicted octanol–water partition coefficient (Wildman–Crippen LogP) is 3.28. The molecule has 1 fully saturated rings. The molecule has 1 aromatic rings. The van der Waals surface area contributed by atoms with Crippen LogP contribution < -0.4 is 5.32 Å². The normalized spacial score (nSPS) is 27.5. The Hall–Kier alpha value is -1.19. The molecule has 1 N–H and O–H groups in total. The van der Waals surface area contributed by atoms with Gasteiger partial charge in [0.05, 0.1) is 5.41 Å². The van der Waals surface area contributed by atoms with E-state index in [0.29, 0.717) is 5.69 Å². The highest BCUT2D eigenvalue weighted by atomic mass is 19.3. The van der Waals surface area contributed by atoms with E-state index in [1.54, 1.807) is 19.1 Å². The first-order valence-electron chi connectivity index (χ1n) is 4.80. The van der Waals surface area contributed by atoms with Crippen molar-refractivity contribution in [1.29, 1.82) is 0 Å². The van der Waals surface area contributed by atoms with Gasteiger partial charge in [-0.2, -0.15) is 0 Å². The molecule has 0 aliphatic heterocycles. The SMILES string of the molecule is CC1(CNc2ccc(F)cc2)CC1(F)F. The molecular weight excluding hydrogens is 203 g/mol. The van der Waals surface area contributed by atoms with Crippen molar-refractivity contribution in [2.45, 2.75) is 19.3 Å². The Balaban J connectivity index is 1.92. The number of alkyl halides is 2. The Morgan fingerprint density at radius 1 is 1.27 bits per heavy atom. The molecule has 0 amide bonds. The molecule has 1 nitrogen and oxygen atoms in total. The fraction of sp³-hybridized carbons (Fsp3) is 0.455. The fourth-order valence-corrected chi connectivity index (χ4v) is 1.50. The number of rotatable bonds is 3. The zero-order chi connectivity index (χ0) is 11.1. The summed E-state index contributed by atoms with van der Waals surface area (Å²) < 4.78 is 38.2. The van der Waals surface area contributed by atoms with Gasteiger partial charge in [0.25, 0.3) is 5.92 Å². The molecule has 0 radical (unpaired) electrons. The lowest BCUT2D eigenvalue weighted by Crippen LogP contribution is -2.18. The summed E-state index contributed by atoms with van der Waals surface area (Å²) in [7, 11) is 0. The van der Waals surface area contributed by atoms with Gasteiger partial charge in [0.1, 0.15) is 5.82 Å². The van der Waals surface area contributed by atoms with Crippen molar-refractivity contribution in [3.8, 4) is 0 Å². The molecular formula is C11H12F3N. The van der Waals surface area contributed by atoms with Crippen molar-refractivity contribution in [1.82, 2.24) is 0 Å². The summed E-state index contributed by atoms with van der Waals surface area (Å²) in [5.74, 6) is -2.89. The Labute approximate surface area is 86.3 Å². The number of benzene rings is 1. The minimum atomic E-state index is -2.56. The minimum Gasteiger partial charge on any atom is -0.384 e. The summed E-state index contributed by atoms with van der Waals surface area (Å²) >= 11 is 0. The van der Waals surface area contributed by atoms with Crippen molar-refractivity contribution in [3.05, 3.63) is 30.1 Å². The second kappa shape index (κ2) is 3.15. The van der Waals surface area contributed by atoms with Gasteiger partial charge >= 0.3 is 0 Å². The average Bonchev–Trinajstić information content (AvgIpc) is 2.66. The molecule has 82 valence electrons. The minimum absolute atomic E-state index is 0.0752. The Morgan fingerprint density at radius 2 is 1.80 bits per heavy atom. The van der Waals surface area contributed by atoms with Crippen molar-refractivity contribution >= 4 is 5.69 Å². The largest absolute Gasteiger partial charge is 0.384 e. The quantitative estimate of drug-likeness (QED) is 0.815. The van der Waals surface area contributed by atoms with Crippen LogP contribution in [-0.2, 0) is 0 Å². The van der Waals surface area contributed by atoms with E-state index < -0.39 is 11.3 Å². The van der Waals surface area contributed by atoms with Crippen LogP contribution in [0.15, 0.2) is 24.3 Å². The van der Waals surface area contributed by atoms with Gasteiger partial charge in [-0.15, -0.1) is 0 Å². The summed E-state index contributed by atoms with van der Waals surface area (Å²) in [6.45, 7) is 1.76. The highest BCUT2D eigenvalue weighted by Gasteiger charge is 2.67. The van der Waals surface area contributed by atoms with Crippen LogP contribution in [0, 0.1) is 11.2 Å². The zero-order valence-corrected chi connectivity index (χ0v) is 8.36. The fourth-order valence-electron chi connectivity index (χ4n) is 1.50. The van der Waals surface area contributed by atoms with E-state index in [1.165, 1.54) is 12.1 Å². The molecule has 1 aromatic carbocycles. The first kappa shape index (κ1) is 10.3. The van der Waals surface area contributed by atoms with Crippen molar-refractivity contribution in [2.24, 2.45) is 5.41 Å². The topological polar surface area (TPSA) is 12.0 Å². The van der Waals surface area contributed by atoms with E-state index in [-0.39, 0.29) is 18.8 Å². The molecule has 0 spiro atoms. The summed E-state index contributed by atoms with van der Waals surface area (Å²) in [5, 5.41) is 2.88. The number of anilines is 1. The van der Waals surface area contributed by atoms with Crippen LogP contribution in [0.25, 0.3) is 0 Å². The van der Waals surface area contributed by atoms with E-state index in [4.69, 9.17) is 0 Å². The van der Waals surface area contributed by atoms with Gasteiger partial charge in [0, 0.05) is 18.7 Å². The van der Waals surface area contributed by atoms with E-state index >= 15 is 0 Å². The Morgan fingerprint density at radius 3 is 2.27 bits per heavy atom. The van der Waals surface area contributed by atoms with Gasteiger partial charge in [-0.1, -0.05) is 6.92 Å². The molecule has 1 atom stereocenters. The maximum atomic E-state index is 12.8. The molecule has 1 unspecified atom stereocenters. The van der Waals surface area contributed by atoms with Crippen LogP contribution in [-0.4, -0.2) is 12.5 Å². The van der Waals surface area contributed by atoms with E-state index in [9.17, 15) is 13.2 Å². The molecule has 0 bridgehead atoms. The van der Waals surface area contributed by atoms with Crippen LogP contribution in [0.2, 0.25) is 0 Å². The lowest BCUT2D eigenvalue weighted by Gasteiger charge is -2.12. The van der Waals surface area contributed by atoms with Crippen molar-refractivity contribution < 1.29 is 13.2 Å². The van der Waals surface area contributed by atoms with E-state index in [2.05, 4.69) is 5.32 Å². The van der Waals surface area contributed by atoms with Crippen molar-refractivity contribution in [2.75, 3.05) is 11.9 Å². The summed E-state index contributed by atoms with van der Waals surface area (Å²) in [5.41, 5.74) is -0.276. The lowest BCUT2D eigenvalue weighted by molar-refractivity contribution is 0.0742. The molecule has 0 saturated heterocycles. The number of hydrogen-bond donors (Lipinski definition) is 1. The van der Waals surface area contributed by atoms with Gasteiger partial charge in [-0.3, -0.25) is 0 Å². The molecule has 0 heterocycles. The summed E-state index contributed by atoms with van der Waals surface area (Å²) in [4.78, 5) is 0. The zero-order valence-electron chi connectivity index (χ0n) is 8.36. The summed E-state index contributed by atoms with van der Waals surface area (Å²) in [6.07, 6.45) is -0.0752. The smallest absolute Gasteiger partial charge is 0.256 e. The van der Waals surface area contributed by atoms with Crippen LogP contribution in [0.1, 0.15) is 13.3 Å². The Kier molecular flexibility index (Phi) is 2.17. The number of halogens is 3. The van der Waals surface area contributed by atoms with Crippen LogP contribution in [0.5, 0.6) is 0 Å². The van der Waals surface area contributed by atoms with Crippen LogP contribution in [0.4, 0.5) is 18.9 Å². The molecule has 1 saturated carbocycles. The van der Waals surface area contributed by atoms with Gasteiger partial charge in [-0.05, 0) is 24.3 Å². The predicted molar refractivity (Wildman–Crippen MR) is 52.6 cm³/mol. The maximum absolute atomic E-state index is 12.8. The maximum Gasteiger partial charge on any atom is 0.256 e. The first-order chi connectivity index (χ1) is 6.93. The monoisotopic (exact) mass is 215 g/mol. The van der Waals surface area contributed by atoms with Gasteiger partial charge in [0.15, 0.2) is 0 Å². The van der Waals surface area contributed by atoms with Crippen LogP contribution >= 0.6 is 0 Å². The molecule has 2 rings (SSSR count). The third kappa shape index (κ3) is 1.94. The number of hydrogen-bond acceptors (Lipinski definition) is 1. The molecule has 0 aromatic heterocycles. The summed E-state index contributed by atoms with van der Waals surface area (Å²) in [6, 6.07) is 5.68.